The Morgan fingerprint density at radius 3 is 2.94 bits per heavy atom. The quantitative estimate of drug-likeness (QED) is 0.669. The van der Waals surface area contributed by atoms with E-state index in [-0.39, 0.29) is 17.8 Å². The van der Waals surface area contributed by atoms with Gasteiger partial charge in [-0.05, 0) is 18.6 Å². The molecule has 0 spiro atoms. The summed E-state index contributed by atoms with van der Waals surface area (Å²) in [6.45, 7) is 2.17. The van der Waals surface area contributed by atoms with Crippen LogP contribution in [0, 0.1) is 10.1 Å². The number of halogens is 1. The van der Waals surface area contributed by atoms with Gasteiger partial charge in [0.05, 0.1) is 11.0 Å². The van der Waals surface area contributed by atoms with Crippen LogP contribution in [-0.2, 0) is 4.74 Å². The fourth-order valence-corrected chi connectivity index (χ4v) is 2.35. The maximum Gasteiger partial charge on any atom is 0.270 e. The van der Waals surface area contributed by atoms with Crippen LogP contribution in [0.5, 0.6) is 0 Å². The summed E-state index contributed by atoms with van der Waals surface area (Å²) in [6, 6.07) is 4.43. The average Bonchev–Trinajstić information content (AvgIpc) is 2.31. The number of nitrogens with two attached hydrogens (primary N) is 1. The van der Waals surface area contributed by atoms with E-state index in [1.807, 2.05) is 6.92 Å². The standard InChI is InChI=1S/C11H12BrN3O3/c1-6-11(14-10(13)5-18-6)7-2-8(12)4-9(3-7)15(16)17/h2-4,6,11H,5H2,1H3,(H2,13,14)/t6-,11?/m1/s1. The molecule has 2 atom stereocenters. The molecular formula is C11H12BrN3O3. The molecule has 1 aliphatic heterocycles. The predicted octanol–water partition coefficient (Wildman–Crippen LogP) is 2.17. The summed E-state index contributed by atoms with van der Waals surface area (Å²) in [5.41, 5.74) is 6.37. The number of non-ortho nitro benzene ring substituents is 1. The summed E-state index contributed by atoms with van der Waals surface area (Å²) in [5, 5.41) is 10.8. The fraction of sp³-hybridized carbons (Fsp3) is 0.364. The molecule has 1 aromatic rings. The van der Waals surface area contributed by atoms with E-state index in [2.05, 4.69) is 20.9 Å². The molecule has 1 aliphatic rings. The van der Waals surface area contributed by atoms with Crippen molar-refractivity contribution in [1.29, 1.82) is 0 Å². The van der Waals surface area contributed by atoms with Gasteiger partial charge < -0.3 is 10.5 Å². The summed E-state index contributed by atoms with van der Waals surface area (Å²) in [6.07, 6.45) is -0.161. The Labute approximate surface area is 112 Å². The monoisotopic (exact) mass is 313 g/mol. The second-order valence-electron chi connectivity index (χ2n) is 4.08. The van der Waals surface area contributed by atoms with Crippen molar-refractivity contribution in [2.24, 2.45) is 10.7 Å². The van der Waals surface area contributed by atoms with Gasteiger partial charge in [-0.25, -0.2) is 0 Å². The highest BCUT2D eigenvalue weighted by Crippen LogP contribution is 2.31. The van der Waals surface area contributed by atoms with Gasteiger partial charge in [0.1, 0.15) is 18.5 Å². The van der Waals surface area contributed by atoms with Crippen LogP contribution in [0.25, 0.3) is 0 Å². The first kappa shape index (κ1) is 13.0. The van der Waals surface area contributed by atoms with Crippen molar-refractivity contribution in [3.8, 4) is 0 Å². The van der Waals surface area contributed by atoms with Gasteiger partial charge in [-0.2, -0.15) is 0 Å². The van der Waals surface area contributed by atoms with Crippen molar-refractivity contribution in [2.45, 2.75) is 19.1 Å². The lowest BCUT2D eigenvalue weighted by Gasteiger charge is -2.26. The van der Waals surface area contributed by atoms with Crippen LogP contribution in [-0.4, -0.2) is 23.5 Å². The minimum Gasteiger partial charge on any atom is -0.386 e. The van der Waals surface area contributed by atoms with Crippen molar-refractivity contribution in [1.82, 2.24) is 0 Å². The second-order valence-corrected chi connectivity index (χ2v) is 5.00. The van der Waals surface area contributed by atoms with Gasteiger partial charge in [-0.1, -0.05) is 15.9 Å². The zero-order valence-electron chi connectivity index (χ0n) is 9.67. The highest BCUT2D eigenvalue weighted by molar-refractivity contribution is 9.10. The lowest BCUT2D eigenvalue weighted by molar-refractivity contribution is -0.385. The molecule has 18 heavy (non-hydrogen) atoms. The van der Waals surface area contributed by atoms with Crippen molar-refractivity contribution in [3.05, 3.63) is 38.3 Å². The van der Waals surface area contributed by atoms with E-state index in [4.69, 9.17) is 10.5 Å². The van der Waals surface area contributed by atoms with Gasteiger partial charge >= 0.3 is 0 Å². The number of rotatable bonds is 2. The molecule has 1 heterocycles. The molecule has 0 saturated carbocycles. The van der Waals surface area contributed by atoms with Gasteiger partial charge in [0.25, 0.3) is 5.69 Å². The first-order valence-electron chi connectivity index (χ1n) is 5.36. The van der Waals surface area contributed by atoms with Crippen LogP contribution in [0.1, 0.15) is 18.5 Å². The van der Waals surface area contributed by atoms with Gasteiger partial charge in [0.15, 0.2) is 0 Å². The maximum atomic E-state index is 10.8. The van der Waals surface area contributed by atoms with E-state index >= 15 is 0 Å². The Hall–Kier alpha value is -1.47. The molecule has 6 nitrogen and oxygen atoms in total. The number of hydrogen-bond donors (Lipinski definition) is 1. The summed E-state index contributed by atoms with van der Waals surface area (Å²) >= 11 is 3.26. The zero-order chi connectivity index (χ0) is 13.3. The van der Waals surface area contributed by atoms with E-state index in [1.54, 1.807) is 6.07 Å². The van der Waals surface area contributed by atoms with Gasteiger partial charge in [0.2, 0.25) is 0 Å². The third-order valence-electron chi connectivity index (χ3n) is 2.70. The molecule has 96 valence electrons. The fourth-order valence-electron chi connectivity index (χ4n) is 1.85. The molecular weight excluding hydrogens is 302 g/mol. The summed E-state index contributed by atoms with van der Waals surface area (Å²) in [4.78, 5) is 14.7. The van der Waals surface area contributed by atoms with E-state index in [9.17, 15) is 10.1 Å². The third kappa shape index (κ3) is 2.68. The van der Waals surface area contributed by atoms with E-state index < -0.39 is 4.92 Å². The normalized spacial score (nSPS) is 23.6. The lowest BCUT2D eigenvalue weighted by atomic mass is 10.0. The molecule has 0 aliphatic carbocycles. The minimum atomic E-state index is -0.435. The SMILES string of the molecule is C[C@H]1OCC(N)=NC1c1cc(Br)cc([N+](=O)[O-])c1. The van der Waals surface area contributed by atoms with Crippen molar-refractivity contribution in [3.63, 3.8) is 0 Å². The smallest absolute Gasteiger partial charge is 0.270 e. The largest absolute Gasteiger partial charge is 0.386 e. The Balaban J connectivity index is 2.43. The lowest BCUT2D eigenvalue weighted by Crippen LogP contribution is -2.32. The van der Waals surface area contributed by atoms with Crippen molar-refractivity contribution < 1.29 is 9.66 Å². The minimum absolute atomic E-state index is 0.0194. The molecule has 0 amide bonds. The molecule has 0 radical (unpaired) electrons. The Kier molecular flexibility index (Phi) is 3.63. The number of ether oxygens (including phenoxy) is 1. The van der Waals surface area contributed by atoms with Gasteiger partial charge in [-0.3, -0.25) is 15.1 Å². The van der Waals surface area contributed by atoms with Crippen LogP contribution >= 0.6 is 15.9 Å². The first-order valence-corrected chi connectivity index (χ1v) is 6.15. The third-order valence-corrected chi connectivity index (χ3v) is 3.16. The van der Waals surface area contributed by atoms with Crippen LogP contribution in [0.15, 0.2) is 27.7 Å². The molecule has 7 heteroatoms. The Morgan fingerprint density at radius 2 is 2.28 bits per heavy atom. The predicted molar refractivity (Wildman–Crippen MR) is 70.6 cm³/mol. The number of nitrogens with zero attached hydrogens (tertiary/aromatic N) is 2. The summed E-state index contributed by atoms with van der Waals surface area (Å²) in [7, 11) is 0. The Morgan fingerprint density at radius 1 is 1.56 bits per heavy atom. The topological polar surface area (TPSA) is 90.8 Å². The number of aliphatic imine (C=N–C) groups is 1. The van der Waals surface area contributed by atoms with Crippen LogP contribution in [0.3, 0.4) is 0 Å². The highest BCUT2D eigenvalue weighted by atomic mass is 79.9. The molecule has 2 rings (SSSR count). The zero-order valence-corrected chi connectivity index (χ0v) is 11.3. The highest BCUT2D eigenvalue weighted by Gasteiger charge is 2.25. The second kappa shape index (κ2) is 5.03. The number of nitro groups is 1. The number of nitro benzene ring substituents is 1. The van der Waals surface area contributed by atoms with Gasteiger partial charge in [-0.15, -0.1) is 0 Å². The van der Waals surface area contributed by atoms with Crippen molar-refractivity contribution in [2.75, 3.05) is 6.61 Å². The molecule has 1 unspecified atom stereocenters. The van der Waals surface area contributed by atoms with E-state index in [0.29, 0.717) is 22.5 Å². The van der Waals surface area contributed by atoms with Crippen LogP contribution < -0.4 is 5.73 Å². The molecule has 2 N–H and O–H groups in total. The van der Waals surface area contributed by atoms with Crippen LogP contribution in [0.2, 0.25) is 0 Å². The van der Waals surface area contributed by atoms with E-state index in [1.165, 1.54) is 12.1 Å². The summed E-state index contributed by atoms with van der Waals surface area (Å²) in [5.74, 6) is 0.403. The number of amidine groups is 1. The first-order chi connectivity index (χ1) is 8.47. The van der Waals surface area contributed by atoms with Crippen molar-refractivity contribution >= 4 is 27.5 Å². The van der Waals surface area contributed by atoms with Crippen LogP contribution in [0.4, 0.5) is 5.69 Å². The molecule has 0 fully saturated rings. The van der Waals surface area contributed by atoms with Gasteiger partial charge in [0, 0.05) is 16.6 Å². The molecule has 1 aromatic carbocycles. The maximum absolute atomic E-state index is 10.8. The average molecular weight is 314 g/mol. The number of hydrogen-bond acceptors (Lipinski definition) is 5. The Bertz CT molecular complexity index is 518. The number of benzene rings is 1. The summed E-state index contributed by atoms with van der Waals surface area (Å²) < 4.78 is 6.09. The van der Waals surface area contributed by atoms with E-state index in [0.717, 1.165) is 0 Å². The molecule has 0 saturated heterocycles. The molecule has 0 aromatic heterocycles. The molecule has 0 bridgehead atoms.